The zero-order valence-corrected chi connectivity index (χ0v) is 36.6. The maximum atomic E-state index is 14.7. The molecule has 0 atom stereocenters. The molecule has 2 nitrogen and oxygen atoms in total. The van der Waals surface area contributed by atoms with E-state index in [1.165, 1.54) is 39.0 Å². The molecule has 12 aromatic rings. The highest BCUT2D eigenvalue weighted by Crippen LogP contribution is 2.43. The molecule has 0 unspecified atom stereocenters. The van der Waals surface area contributed by atoms with Crippen molar-refractivity contribution in [3.05, 3.63) is 267 Å². The fraction of sp³-hybridized carbons (Fsp3) is 0. The summed E-state index contributed by atoms with van der Waals surface area (Å²) >= 11 is 0. The van der Waals surface area contributed by atoms with Gasteiger partial charge in [-0.15, -0.1) is 0 Å². The molecule has 11 aromatic carbocycles. The van der Waals surface area contributed by atoms with E-state index in [4.69, 9.17) is 0 Å². The summed E-state index contributed by atoms with van der Waals surface area (Å²) in [4.78, 5) is 2.35. The van der Waals surface area contributed by atoms with E-state index in [1.54, 1.807) is 12.1 Å². The molecule has 67 heavy (non-hydrogen) atoms. The van der Waals surface area contributed by atoms with Gasteiger partial charge in [-0.25, -0.2) is 4.39 Å². The molecule has 0 bridgehead atoms. The number of hydrogen-bond donors (Lipinski definition) is 0. The normalized spacial score (nSPS) is 11.4. The van der Waals surface area contributed by atoms with Crippen molar-refractivity contribution in [2.45, 2.75) is 0 Å². The predicted octanol–water partition coefficient (Wildman–Crippen LogP) is 17.9. The Morgan fingerprint density at radius 2 is 0.776 bits per heavy atom. The second-order valence-corrected chi connectivity index (χ2v) is 17.1. The second-order valence-electron chi connectivity index (χ2n) is 17.1. The van der Waals surface area contributed by atoms with E-state index in [-0.39, 0.29) is 5.82 Å². The van der Waals surface area contributed by atoms with E-state index in [2.05, 4.69) is 246 Å². The van der Waals surface area contributed by atoms with E-state index < -0.39 is 0 Å². The SMILES string of the molecule is Fc1cccc(-c2cccc3cccc(-c4cccc(N(c5ccc(-c6ccc(-c7ccccc7)cc6)cc5)c5cccc(-c6ccc7c(c6)c6ccccc6n7-c6ccccc6)c5)c4)c23)c1. The fourth-order valence-electron chi connectivity index (χ4n) is 9.86. The van der Waals surface area contributed by atoms with E-state index in [0.29, 0.717) is 0 Å². The lowest BCUT2D eigenvalue weighted by molar-refractivity contribution is 0.628. The van der Waals surface area contributed by atoms with E-state index in [1.807, 2.05) is 6.07 Å². The van der Waals surface area contributed by atoms with Gasteiger partial charge in [0.15, 0.2) is 0 Å². The Hall–Kier alpha value is -8.79. The van der Waals surface area contributed by atoms with E-state index >= 15 is 0 Å². The van der Waals surface area contributed by atoms with Crippen molar-refractivity contribution < 1.29 is 4.39 Å². The summed E-state index contributed by atoms with van der Waals surface area (Å²) in [7, 11) is 0. The highest BCUT2D eigenvalue weighted by molar-refractivity contribution is 6.11. The second kappa shape index (κ2) is 17.0. The third-order valence-corrected chi connectivity index (χ3v) is 13.0. The average Bonchev–Trinajstić information content (AvgIpc) is 3.73. The molecule has 0 aliphatic heterocycles. The van der Waals surface area contributed by atoms with Crippen LogP contribution in [0.25, 0.3) is 93.9 Å². The number of anilines is 3. The molecule has 0 N–H and O–H groups in total. The van der Waals surface area contributed by atoms with Gasteiger partial charge in [-0.1, -0.05) is 182 Å². The highest BCUT2D eigenvalue weighted by Gasteiger charge is 2.18. The number of rotatable bonds is 9. The van der Waals surface area contributed by atoms with Gasteiger partial charge in [0.05, 0.1) is 11.0 Å². The Bertz CT molecular complexity index is 3740. The van der Waals surface area contributed by atoms with Crippen LogP contribution in [0.4, 0.5) is 21.5 Å². The first-order valence-corrected chi connectivity index (χ1v) is 22.8. The zero-order chi connectivity index (χ0) is 44.7. The van der Waals surface area contributed by atoms with Gasteiger partial charge in [-0.3, -0.25) is 0 Å². The van der Waals surface area contributed by atoms with Crippen molar-refractivity contribution in [3.8, 4) is 61.3 Å². The lowest BCUT2D eigenvalue weighted by Gasteiger charge is -2.27. The first-order valence-electron chi connectivity index (χ1n) is 22.8. The van der Waals surface area contributed by atoms with Crippen molar-refractivity contribution in [1.82, 2.24) is 4.57 Å². The molecule has 1 heterocycles. The molecule has 0 saturated heterocycles. The zero-order valence-electron chi connectivity index (χ0n) is 36.6. The smallest absolute Gasteiger partial charge is 0.123 e. The molecule has 1 aromatic heterocycles. The largest absolute Gasteiger partial charge is 0.310 e. The average molecular weight is 859 g/mol. The monoisotopic (exact) mass is 858 g/mol. The molecule has 12 rings (SSSR count). The molecule has 0 amide bonds. The maximum Gasteiger partial charge on any atom is 0.123 e. The predicted molar refractivity (Wildman–Crippen MR) is 280 cm³/mol. The van der Waals surface area contributed by atoms with Crippen LogP contribution in [-0.4, -0.2) is 4.57 Å². The lowest BCUT2D eigenvalue weighted by Crippen LogP contribution is -2.10. The quantitative estimate of drug-likeness (QED) is 0.140. The van der Waals surface area contributed by atoms with E-state index in [0.717, 1.165) is 78.0 Å². The molecule has 0 saturated carbocycles. The summed E-state index contributed by atoms with van der Waals surface area (Å²) in [6, 6.07) is 91.6. The summed E-state index contributed by atoms with van der Waals surface area (Å²) in [6.45, 7) is 0. The van der Waals surface area contributed by atoms with Gasteiger partial charge in [-0.2, -0.15) is 0 Å². The van der Waals surface area contributed by atoms with Crippen LogP contribution in [-0.2, 0) is 0 Å². The number of aromatic nitrogens is 1. The Morgan fingerprint density at radius 3 is 1.45 bits per heavy atom. The maximum absolute atomic E-state index is 14.7. The molecule has 3 heteroatoms. The number of halogens is 1. The van der Waals surface area contributed by atoms with Gasteiger partial charge < -0.3 is 9.47 Å². The standard InChI is InChI=1S/C64H43FN2/c65-53-21-9-19-51(40-53)58-27-12-16-48-17-13-28-59(64(48)58)52-20-11-25-57(42-52)66(55-37-34-47(35-38-55)46-32-30-45(31-33-46)44-14-3-1-4-15-44)56-24-10-18-49(41-56)50-36-39-63-61(43-50)60-26-7-8-29-62(60)67(63)54-22-5-2-6-23-54/h1-43H. The van der Waals surface area contributed by atoms with Crippen molar-refractivity contribution >= 4 is 49.6 Å². The Labute approximate surface area is 389 Å². The fourth-order valence-corrected chi connectivity index (χ4v) is 9.86. The Balaban J connectivity index is 0.982. The number of para-hydroxylation sites is 2. The molecule has 316 valence electrons. The minimum Gasteiger partial charge on any atom is -0.310 e. The minimum atomic E-state index is -0.249. The highest BCUT2D eigenvalue weighted by atomic mass is 19.1. The van der Waals surface area contributed by atoms with Gasteiger partial charge in [0, 0.05) is 33.5 Å². The molecular formula is C64H43FN2. The molecule has 0 fully saturated rings. The molecule has 0 aliphatic carbocycles. The van der Waals surface area contributed by atoms with Gasteiger partial charge in [0.2, 0.25) is 0 Å². The van der Waals surface area contributed by atoms with Crippen LogP contribution in [0, 0.1) is 5.82 Å². The van der Waals surface area contributed by atoms with Crippen LogP contribution in [0.1, 0.15) is 0 Å². The van der Waals surface area contributed by atoms with Crippen LogP contribution >= 0.6 is 0 Å². The Morgan fingerprint density at radius 1 is 0.299 bits per heavy atom. The number of fused-ring (bicyclic) bond motifs is 4. The van der Waals surface area contributed by atoms with Crippen molar-refractivity contribution in [2.75, 3.05) is 4.90 Å². The molecular weight excluding hydrogens is 816 g/mol. The van der Waals surface area contributed by atoms with E-state index in [9.17, 15) is 4.39 Å². The summed E-state index contributed by atoms with van der Waals surface area (Å²) in [5, 5.41) is 4.63. The van der Waals surface area contributed by atoms with Crippen LogP contribution in [0.5, 0.6) is 0 Å². The number of benzene rings is 11. The third kappa shape index (κ3) is 7.43. The summed E-state index contributed by atoms with van der Waals surface area (Å²) < 4.78 is 17.0. The van der Waals surface area contributed by atoms with Gasteiger partial charge >= 0.3 is 0 Å². The van der Waals surface area contributed by atoms with Crippen molar-refractivity contribution in [1.29, 1.82) is 0 Å². The van der Waals surface area contributed by atoms with Gasteiger partial charge in [-0.05, 0) is 145 Å². The minimum absolute atomic E-state index is 0.249. The first-order chi connectivity index (χ1) is 33.1. The third-order valence-electron chi connectivity index (χ3n) is 13.0. The van der Waals surface area contributed by atoms with Crippen molar-refractivity contribution in [3.63, 3.8) is 0 Å². The lowest BCUT2D eigenvalue weighted by atomic mass is 9.91. The topological polar surface area (TPSA) is 8.17 Å². The van der Waals surface area contributed by atoms with Gasteiger partial charge in [0.25, 0.3) is 0 Å². The van der Waals surface area contributed by atoms with Crippen LogP contribution in [0.2, 0.25) is 0 Å². The van der Waals surface area contributed by atoms with Gasteiger partial charge in [0.1, 0.15) is 5.82 Å². The summed E-state index contributed by atoms with van der Waals surface area (Å²) in [5.41, 5.74) is 17.6. The molecule has 0 aliphatic rings. The summed E-state index contributed by atoms with van der Waals surface area (Å²) in [6.07, 6.45) is 0. The molecule has 0 radical (unpaired) electrons. The van der Waals surface area contributed by atoms with Crippen molar-refractivity contribution in [2.24, 2.45) is 0 Å². The Kier molecular flexibility index (Phi) is 10.1. The van der Waals surface area contributed by atoms with Crippen LogP contribution < -0.4 is 4.90 Å². The first kappa shape index (κ1) is 39.8. The number of hydrogen-bond acceptors (Lipinski definition) is 1. The molecule has 0 spiro atoms. The number of nitrogens with zero attached hydrogens (tertiary/aromatic N) is 2. The van der Waals surface area contributed by atoms with Crippen LogP contribution in [0.3, 0.4) is 0 Å². The van der Waals surface area contributed by atoms with Crippen LogP contribution in [0.15, 0.2) is 261 Å². The summed E-state index contributed by atoms with van der Waals surface area (Å²) in [5.74, 6) is -0.249.